The summed E-state index contributed by atoms with van der Waals surface area (Å²) in [6, 6.07) is 6.67. The molecular weight excluding hydrogens is 385 g/mol. The summed E-state index contributed by atoms with van der Waals surface area (Å²) in [6.45, 7) is 0.901. The fourth-order valence-electron chi connectivity index (χ4n) is 3.93. The quantitative estimate of drug-likeness (QED) is 0.718. The van der Waals surface area contributed by atoms with E-state index in [-0.39, 0.29) is 5.92 Å². The number of nitrogens with zero attached hydrogens (tertiary/aromatic N) is 1. The zero-order valence-electron chi connectivity index (χ0n) is 13.7. The molecule has 3 unspecified atom stereocenters. The van der Waals surface area contributed by atoms with E-state index in [1.165, 1.54) is 22.3 Å². The molecule has 3 nitrogen and oxygen atoms in total. The van der Waals surface area contributed by atoms with E-state index in [0.717, 1.165) is 10.4 Å². The van der Waals surface area contributed by atoms with Gasteiger partial charge in [-0.3, -0.25) is 0 Å². The third-order valence-corrected chi connectivity index (χ3v) is 6.09. The fraction of sp³-hybridized carbons (Fsp3) is 0.333. The minimum atomic E-state index is -4.32. The summed E-state index contributed by atoms with van der Waals surface area (Å²) in [5, 5.41) is 15.0. The van der Waals surface area contributed by atoms with Gasteiger partial charge in [-0.2, -0.15) is 13.2 Å². The van der Waals surface area contributed by atoms with E-state index in [0.29, 0.717) is 22.0 Å². The number of hydrogen-bond donors (Lipinski definition) is 2. The Morgan fingerprint density at radius 2 is 2.08 bits per heavy atom. The molecule has 2 aliphatic heterocycles. The molecule has 1 aromatic carbocycles. The van der Waals surface area contributed by atoms with Crippen LogP contribution in [0.3, 0.4) is 0 Å². The van der Waals surface area contributed by atoms with Crippen molar-refractivity contribution in [2.24, 2.45) is 0 Å². The number of benzene rings is 1. The van der Waals surface area contributed by atoms with Crippen molar-refractivity contribution >= 4 is 39.3 Å². The second kappa shape index (κ2) is 6.18. The lowest BCUT2D eigenvalue weighted by Crippen LogP contribution is -2.35. The maximum Gasteiger partial charge on any atom is 0.405 e. The van der Waals surface area contributed by atoms with E-state index in [9.17, 15) is 18.3 Å². The number of aliphatic hydroxyl groups excluding tert-OH is 1. The first-order valence-electron chi connectivity index (χ1n) is 8.12. The monoisotopic (exact) mass is 400 g/mol. The van der Waals surface area contributed by atoms with Crippen LogP contribution in [0.25, 0.3) is 5.03 Å². The van der Waals surface area contributed by atoms with Gasteiger partial charge in [-0.05, 0) is 35.2 Å². The molecule has 0 aliphatic carbocycles. The lowest BCUT2D eigenvalue weighted by atomic mass is 9.90. The van der Waals surface area contributed by atoms with Crippen molar-refractivity contribution in [3.63, 3.8) is 0 Å². The van der Waals surface area contributed by atoms with E-state index in [2.05, 4.69) is 5.32 Å². The number of anilines is 2. The van der Waals surface area contributed by atoms with Gasteiger partial charge in [0.15, 0.2) is 0 Å². The smallest absolute Gasteiger partial charge is 0.370 e. The van der Waals surface area contributed by atoms with Crippen molar-refractivity contribution < 1.29 is 18.3 Å². The van der Waals surface area contributed by atoms with Gasteiger partial charge in [0.05, 0.1) is 11.1 Å². The summed E-state index contributed by atoms with van der Waals surface area (Å²) in [6.07, 6.45) is -3.77. The van der Waals surface area contributed by atoms with Crippen LogP contribution in [0.2, 0.25) is 0 Å². The molecule has 2 N–H and O–H groups in total. The van der Waals surface area contributed by atoms with Gasteiger partial charge in [-0.15, -0.1) is 11.3 Å². The number of fused-ring (bicyclic) bond motifs is 3. The number of aliphatic hydroxyl groups is 1. The Balaban J connectivity index is 1.89. The standard InChI is InChI=1S/C18H16ClF3N2OS/c1-9-15-12(5-4-11-16(15)10(19)7-14(25)23-11)24(8-18(20,21)22)17(9)13-3-2-6-26-13/h2-7,9,14,17,23,25H,8H2,1H3. The Morgan fingerprint density at radius 3 is 2.73 bits per heavy atom. The largest absolute Gasteiger partial charge is 0.405 e. The third-order valence-electron chi connectivity index (χ3n) is 4.83. The molecule has 0 spiro atoms. The van der Waals surface area contributed by atoms with Crippen molar-refractivity contribution in [1.29, 1.82) is 0 Å². The van der Waals surface area contributed by atoms with Crippen LogP contribution < -0.4 is 10.2 Å². The average Bonchev–Trinajstić information content (AvgIpc) is 3.13. The molecule has 138 valence electrons. The predicted molar refractivity (Wildman–Crippen MR) is 98.8 cm³/mol. The third kappa shape index (κ3) is 2.88. The van der Waals surface area contributed by atoms with E-state index in [1.807, 2.05) is 24.4 Å². The summed E-state index contributed by atoms with van der Waals surface area (Å²) in [5.41, 5.74) is 2.63. The second-order valence-corrected chi connectivity index (χ2v) is 7.90. The molecule has 26 heavy (non-hydrogen) atoms. The summed E-state index contributed by atoms with van der Waals surface area (Å²) >= 11 is 7.82. The van der Waals surface area contributed by atoms with Gasteiger partial charge in [0.1, 0.15) is 12.8 Å². The van der Waals surface area contributed by atoms with Gasteiger partial charge in [0.25, 0.3) is 0 Å². The summed E-state index contributed by atoms with van der Waals surface area (Å²) in [5.74, 6) is -0.180. The molecule has 4 rings (SSSR count). The van der Waals surface area contributed by atoms with Gasteiger partial charge in [-0.1, -0.05) is 24.6 Å². The minimum Gasteiger partial charge on any atom is -0.370 e. The van der Waals surface area contributed by atoms with Crippen LogP contribution >= 0.6 is 22.9 Å². The lowest BCUT2D eigenvalue weighted by molar-refractivity contribution is -0.120. The Kier molecular flexibility index (Phi) is 4.21. The van der Waals surface area contributed by atoms with Crippen LogP contribution in [0, 0.1) is 0 Å². The molecule has 0 fully saturated rings. The Hall–Kier alpha value is -1.70. The number of halogens is 4. The summed E-state index contributed by atoms with van der Waals surface area (Å²) < 4.78 is 39.9. The average molecular weight is 401 g/mol. The zero-order chi connectivity index (χ0) is 18.6. The Labute approximate surface area is 157 Å². The maximum absolute atomic E-state index is 13.3. The van der Waals surface area contributed by atoms with Gasteiger partial charge in [-0.25, -0.2) is 0 Å². The van der Waals surface area contributed by atoms with E-state index < -0.39 is 25.0 Å². The van der Waals surface area contributed by atoms with Crippen molar-refractivity contribution in [1.82, 2.24) is 0 Å². The molecule has 2 aliphatic rings. The summed E-state index contributed by atoms with van der Waals surface area (Å²) in [4.78, 5) is 2.30. The normalized spacial score (nSPS) is 24.8. The maximum atomic E-state index is 13.3. The van der Waals surface area contributed by atoms with E-state index in [4.69, 9.17) is 11.6 Å². The molecule has 0 saturated carbocycles. The second-order valence-electron chi connectivity index (χ2n) is 6.52. The van der Waals surface area contributed by atoms with Crippen LogP contribution in [0.5, 0.6) is 0 Å². The van der Waals surface area contributed by atoms with Crippen LogP contribution in [-0.4, -0.2) is 24.1 Å². The first kappa shape index (κ1) is 17.7. The summed E-state index contributed by atoms with van der Waals surface area (Å²) in [7, 11) is 0. The molecule has 1 aromatic heterocycles. The first-order chi connectivity index (χ1) is 12.3. The van der Waals surface area contributed by atoms with Crippen molar-refractivity contribution in [2.75, 3.05) is 16.8 Å². The van der Waals surface area contributed by atoms with Gasteiger partial charge in [0, 0.05) is 27.7 Å². The van der Waals surface area contributed by atoms with Gasteiger partial charge < -0.3 is 15.3 Å². The fourth-order valence-corrected chi connectivity index (χ4v) is 5.20. The van der Waals surface area contributed by atoms with Crippen LogP contribution in [-0.2, 0) is 0 Å². The molecule has 3 heterocycles. The topological polar surface area (TPSA) is 35.5 Å². The van der Waals surface area contributed by atoms with Crippen LogP contribution in [0.15, 0.2) is 35.7 Å². The lowest BCUT2D eigenvalue weighted by Gasteiger charge is -2.29. The van der Waals surface area contributed by atoms with Gasteiger partial charge >= 0.3 is 6.18 Å². The number of thiophene rings is 1. The SMILES string of the molecule is CC1c2c(ccc3c2C(Cl)=CC(O)N3)N(CC(F)(F)F)C1c1cccs1. The van der Waals surface area contributed by atoms with Crippen molar-refractivity contribution in [3.05, 3.63) is 51.7 Å². The van der Waals surface area contributed by atoms with Crippen LogP contribution in [0.1, 0.15) is 34.9 Å². The van der Waals surface area contributed by atoms with Gasteiger partial charge in [0.2, 0.25) is 0 Å². The highest BCUT2D eigenvalue weighted by Gasteiger charge is 2.45. The molecule has 0 saturated heterocycles. The molecule has 2 aromatic rings. The highest BCUT2D eigenvalue weighted by Crippen LogP contribution is 2.55. The highest BCUT2D eigenvalue weighted by molar-refractivity contribution is 7.10. The van der Waals surface area contributed by atoms with E-state index in [1.54, 1.807) is 12.1 Å². The van der Waals surface area contributed by atoms with Crippen LogP contribution in [0.4, 0.5) is 24.5 Å². The predicted octanol–water partition coefficient (Wildman–Crippen LogP) is 5.30. The first-order valence-corrected chi connectivity index (χ1v) is 9.38. The molecule has 3 atom stereocenters. The zero-order valence-corrected chi connectivity index (χ0v) is 15.3. The molecule has 0 radical (unpaired) electrons. The minimum absolute atomic E-state index is 0.180. The van der Waals surface area contributed by atoms with Crippen molar-refractivity contribution in [3.8, 4) is 0 Å². The highest BCUT2D eigenvalue weighted by atomic mass is 35.5. The Bertz CT molecular complexity index is 866. The number of rotatable bonds is 2. The Morgan fingerprint density at radius 1 is 1.31 bits per heavy atom. The number of alkyl halides is 3. The molecule has 0 amide bonds. The number of hydrogen-bond acceptors (Lipinski definition) is 4. The number of nitrogens with one attached hydrogen (secondary N) is 1. The van der Waals surface area contributed by atoms with Crippen molar-refractivity contribution in [2.45, 2.75) is 31.3 Å². The molecule has 8 heteroatoms. The van der Waals surface area contributed by atoms with E-state index >= 15 is 0 Å². The molecule has 0 bridgehead atoms. The molecular formula is C18H16ClF3N2OS.